The number of nitrogens with two attached hydrogens (primary N) is 1. The Hall–Kier alpha value is -1.27. The molecule has 1 atom stereocenters. The average molecular weight is 301 g/mol. The van der Waals surface area contributed by atoms with Crippen molar-refractivity contribution in [3.8, 4) is 0 Å². The molecule has 2 rings (SSSR count). The van der Waals surface area contributed by atoms with Gasteiger partial charge in [-0.15, -0.1) is 0 Å². The monoisotopic (exact) mass is 301 g/mol. The second-order valence-electron chi connectivity index (χ2n) is 5.71. The number of anilines is 1. The first-order valence-electron chi connectivity index (χ1n) is 7.18. The van der Waals surface area contributed by atoms with Gasteiger partial charge in [0, 0.05) is 31.4 Å². The van der Waals surface area contributed by atoms with Crippen molar-refractivity contribution in [2.75, 3.05) is 31.6 Å². The zero-order chi connectivity index (χ0) is 15.6. The van der Waals surface area contributed by atoms with Crippen LogP contribution in [0.4, 0.5) is 18.9 Å². The first-order valence-corrected chi connectivity index (χ1v) is 7.18. The molecule has 2 N–H and O–H groups in total. The zero-order valence-electron chi connectivity index (χ0n) is 12.5. The van der Waals surface area contributed by atoms with Crippen molar-refractivity contribution in [3.63, 3.8) is 0 Å². The highest BCUT2D eigenvalue weighted by atomic mass is 19.4. The van der Waals surface area contributed by atoms with Crippen molar-refractivity contribution in [1.82, 2.24) is 4.90 Å². The molecule has 0 aromatic heterocycles. The summed E-state index contributed by atoms with van der Waals surface area (Å²) in [4.78, 5) is 4.03. The average Bonchev–Trinajstić information content (AvgIpc) is 2.57. The summed E-state index contributed by atoms with van der Waals surface area (Å²) in [6, 6.07) is 4.47. The maximum absolute atomic E-state index is 13.3. The summed E-state index contributed by atoms with van der Waals surface area (Å²) < 4.78 is 40.0. The summed E-state index contributed by atoms with van der Waals surface area (Å²) in [6.45, 7) is 4.38. The molecule has 3 nitrogen and oxygen atoms in total. The molecule has 1 saturated heterocycles. The van der Waals surface area contributed by atoms with Crippen molar-refractivity contribution in [2.24, 2.45) is 5.73 Å². The van der Waals surface area contributed by atoms with Crippen LogP contribution in [0.1, 0.15) is 24.5 Å². The van der Waals surface area contributed by atoms with Gasteiger partial charge in [0.1, 0.15) is 0 Å². The lowest BCUT2D eigenvalue weighted by Gasteiger charge is -2.32. The maximum atomic E-state index is 13.3. The minimum Gasteiger partial charge on any atom is -0.367 e. The van der Waals surface area contributed by atoms with E-state index in [1.54, 1.807) is 12.1 Å². The molecule has 1 fully saturated rings. The van der Waals surface area contributed by atoms with E-state index < -0.39 is 11.7 Å². The van der Waals surface area contributed by atoms with Crippen LogP contribution < -0.4 is 10.6 Å². The van der Waals surface area contributed by atoms with Crippen molar-refractivity contribution in [1.29, 1.82) is 0 Å². The van der Waals surface area contributed by atoms with Gasteiger partial charge in [-0.05, 0) is 44.6 Å². The third kappa shape index (κ3) is 3.68. The predicted octanol–water partition coefficient (Wildman–Crippen LogP) is 2.69. The van der Waals surface area contributed by atoms with Crippen molar-refractivity contribution in [2.45, 2.75) is 32.1 Å². The molecule has 1 aromatic carbocycles. The molecular formula is C15H22F3N3. The first-order chi connectivity index (χ1) is 9.82. The lowest BCUT2D eigenvalue weighted by Crippen LogP contribution is -2.39. The minimum absolute atomic E-state index is 0.0438. The number of hydrogen-bond donors (Lipinski definition) is 1. The molecule has 1 aliphatic rings. The Balaban J connectivity index is 2.42. The highest BCUT2D eigenvalue weighted by Gasteiger charge is 2.36. The summed E-state index contributed by atoms with van der Waals surface area (Å²) in [5, 5.41) is 0. The van der Waals surface area contributed by atoms with Crippen LogP contribution in [0.5, 0.6) is 0 Å². The van der Waals surface area contributed by atoms with E-state index in [1.807, 2.05) is 18.9 Å². The molecule has 6 heteroatoms. The Morgan fingerprint density at radius 1 is 1.29 bits per heavy atom. The number of halogens is 3. The van der Waals surface area contributed by atoms with Crippen LogP contribution in [0.25, 0.3) is 0 Å². The van der Waals surface area contributed by atoms with Gasteiger partial charge in [-0.3, -0.25) is 0 Å². The van der Waals surface area contributed by atoms with Crippen LogP contribution in [0.3, 0.4) is 0 Å². The lowest BCUT2D eigenvalue weighted by atomic mass is 10.1. The van der Waals surface area contributed by atoms with E-state index in [2.05, 4.69) is 4.90 Å². The van der Waals surface area contributed by atoms with Crippen molar-refractivity contribution >= 4 is 5.69 Å². The standard InChI is InChI=1S/C15H22F3N3/c1-11-10-20(2)6-3-7-21(11)14-5-4-12(9-19)8-13(14)15(16,17)18/h4-5,8,11H,3,6-7,9-10,19H2,1-2H3. The van der Waals surface area contributed by atoms with Gasteiger partial charge in [-0.1, -0.05) is 6.07 Å². The van der Waals surface area contributed by atoms with Gasteiger partial charge in [0.05, 0.1) is 5.56 Å². The summed E-state index contributed by atoms with van der Waals surface area (Å²) in [7, 11) is 2.00. The number of hydrogen-bond acceptors (Lipinski definition) is 3. The highest BCUT2D eigenvalue weighted by molar-refractivity contribution is 5.57. The van der Waals surface area contributed by atoms with Crippen molar-refractivity contribution < 1.29 is 13.2 Å². The van der Waals surface area contributed by atoms with E-state index in [9.17, 15) is 13.2 Å². The van der Waals surface area contributed by atoms with Crippen LogP contribution in [-0.4, -0.2) is 37.6 Å². The largest absolute Gasteiger partial charge is 0.418 e. The molecule has 0 amide bonds. The predicted molar refractivity (Wildman–Crippen MR) is 78.3 cm³/mol. The fourth-order valence-corrected chi connectivity index (χ4v) is 2.92. The van der Waals surface area contributed by atoms with E-state index in [-0.39, 0.29) is 18.3 Å². The molecular weight excluding hydrogens is 279 g/mol. The Morgan fingerprint density at radius 3 is 2.62 bits per heavy atom. The summed E-state index contributed by atoms with van der Waals surface area (Å²) >= 11 is 0. The van der Waals surface area contributed by atoms with Crippen LogP contribution >= 0.6 is 0 Å². The van der Waals surface area contributed by atoms with E-state index in [0.717, 1.165) is 19.5 Å². The van der Waals surface area contributed by atoms with Crippen LogP contribution in [0.2, 0.25) is 0 Å². The van der Waals surface area contributed by atoms with Gasteiger partial charge in [0.25, 0.3) is 0 Å². The van der Waals surface area contributed by atoms with Gasteiger partial charge in [0.2, 0.25) is 0 Å². The van der Waals surface area contributed by atoms with E-state index in [1.165, 1.54) is 6.07 Å². The number of rotatable bonds is 2. The molecule has 1 heterocycles. The normalized spacial score (nSPS) is 21.4. The molecule has 118 valence electrons. The lowest BCUT2D eigenvalue weighted by molar-refractivity contribution is -0.137. The molecule has 1 aromatic rings. The van der Waals surface area contributed by atoms with Crippen LogP contribution in [-0.2, 0) is 12.7 Å². The fraction of sp³-hybridized carbons (Fsp3) is 0.600. The molecule has 1 aliphatic heterocycles. The molecule has 0 saturated carbocycles. The Labute approximate surface area is 123 Å². The van der Waals surface area contributed by atoms with Gasteiger partial charge in [-0.2, -0.15) is 13.2 Å². The molecule has 21 heavy (non-hydrogen) atoms. The van der Waals surface area contributed by atoms with E-state index >= 15 is 0 Å². The molecule has 0 radical (unpaired) electrons. The minimum atomic E-state index is -4.36. The summed E-state index contributed by atoms with van der Waals surface area (Å²) in [6.07, 6.45) is -3.50. The van der Waals surface area contributed by atoms with Gasteiger partial charge in [-0.25, -0.2) is 0 Å². The third-order valence-electron chi connectivity index (χ3n) is 3.96. The maximum Gasteiger partial charge on any atom is 0.418 e. The first kappa shape index (κ1) is 16.1. The molecule has 0 spiro atoms. The number of likely N-dealkylation sites (N-methyl/N-ethyl adjacent to an activating group) is 1. The van der Waals surface area contributed by atoms with Crippen molar-refractivity contribution in [3.05, 3.63) is 29.3 Å². The smallest absolute Gasteiger partial charge is 0.367 e. The van der Waals surface area contributed by atoms with Crippen LogP contribution in [0, 0.1) is 0 Å². The quantitative estimate of drug-likeness (QED) is 0.911. The summed E-state index contributed by atoms with van der Waals surface area (Å²) in [5.74, 6) is 0. The second kappa shape index (κ2) is 6.23. The van der Waals surface area contributed by atoms with E-state index in [0.29, 0.717) is 12.1 Å². The second-order valence-corrected chi connectivity index (χ2v) is 5.71. The fourth-order valence-electron chi connectivity index (χ4n) is 2.92. The topological polar surface area (TPSA) is 32.5 Å². The summed E-state index contributed by atoms with van der Waals surface area (Å²) in [5.41, 5.74) is 5.66. The SMILES string of the molecule is CC1CN(C)CCCN1c1ccc(CN)cc1C(F)(F)F. The number of nitrogens with zero attached hydrogens (tertiary/aromatic N) is 2. The van der Waals surface area contributed by atoms with E-state index in [4.69, 9.17) is 5.73 Å². The zero-order valence-corrected chi connectivity index (χ0v) is 12.5. The Kier molecular flexibility index (Phi) is 4.78. The van der Waals surface area contributed by atoms with Gasteiger partial charge in [0.15, 0.2) is 0 Å². The van der Waals surface area contributed by atoms with Gasteiger partial charge >= 0.3 is 6.18 Å². The Morgan fingerprint density at radius 2 is 2.00 bits per heavy atom. The number of alkyl halides is 3. The third-order valence-corrected chi connectivity index (χ3v) is 3.96. The number of benzene rings is 1. The van der Waals surface area contributed by atoms with Crippen LogP contribution in [0.15, 0.2) is 18.2 Å². The molecule has 0 bridgehead atoms. The molecule has 0 aliphatic carbocycles. The van der Waals surface area contributed by atoms with Gasteiger partial charge < -0.3 is 15.5 Å². The molecule has 1 unspecified atom stereocenters. The highest BCUT2D eigenvalue weighted by Crippen LogP contribution is 2.38. The Bertz CT molecular complexity index is 488.